The maximum atomic E-state index is 4.25. The van der Waals surface area contributed by atoms with E-state index in [0.717, 1.165) is 11.4 Å². The fourth-order valence-corrected chi connectivity index (χ4v) is 4.08. The zero-order valence-corrected chi connectivity index (χ0v) is 17.5. The normalized spacial score (nSPS) is 13.7. The van der Waals surface area contributed by atoms with Crippen LogP contribution in [0, 0.1) is 6.92 Å². The third-order valence-corrected chi connectivity index (χ3v) is 5.66. The molecule has 1 heteroatoms. The largest absolute Gasteiger partial charge is 0.315 e. The van der Waals surface area contributed by atoms with E-state index in [9.17, 15) is 0 Å². The number of hydrogen-bond donors (Lipinski definition) is 0. The van der Waals surface area contributed by atoms with Crippen LogP contribution in [0.15, 0.2) is 91.1 Å². The summed E-state index contributed by atoms with van der Waals surface area (Å²) in [4.78, 5) is 2.24. The molecule has 0 spiro atoms. The van der Waals surface area contributed by atoms with Crippen molar-refractivity contribution < 1.29 is 0 Å². The van der Waals surface area contributed by atoms with Crippen LogP contribution in [0.2, 0.25) is 0 Å². The number of aryl methyl sites for hydroxylation is 1. The number of allylic oxidation sites excluding steroid dienone is 3. The van der Waals surface area contributed by atoms with Gasteiger partial charge in [-0.3, -0.25) is 0 Å². The van der Waals surface area contributed by atoms with E-state index in [1.165, 1.54) is 59.2 Å². The molecule has 146 valence electrons. The minimum absolute atomic E-state index is 1.02. The van der Waals surface area contributed by atoms with E-state index in [2.05, 4.69) is 104 Å². The first-order chi connectivity index (χ1) is 14.1. The predicted octanol–water partition coefficient (Wildman–Crippen LogP) is 8.29. The van der Waals surface area contributed by atoms with Gasteiger partial charge in [-0.2, -0.15) is 0 Å². The minimum atomic E-state index is 1.02. The Morgan fingerprint density at radius 1 is 0.793 bits per heavy atom. The average molecular weight is 380 g/mol. The summed E-state index contributed by atoms with van der Waals surface area (Å²) in [5.41, 5.74) is 9.91. The van der Waals surface area contributed by atoms with Gasteiger partial charge in [0.2, 0.25) is 0 Å². The molecule has 3 aromatic rings. The topological polar surface area (TPSA) is 3.24 Å². The molecule has 0 saturated heterocycles. The summed E-state index contributed by atoms with van der Waals surface area (Å²) in [6.45, 7) is 8.44. The monoisotopic (exact) mass is 379 g/mol. The fourth-order valence-electron chi connectivity index (χ4n) is 4.08. The van der Waals surface area contributed by atoms with Gasteiger partial charge in [0, 0.05) is 17.1 Å². The molecule has 0 amide bonds. The van der Waals surface area contributed by atoms with Crippen molar-refractivity contribution >= 4 is 16.9 Å². The highest BCUT2D eigenvalue weighted by atomic mass is 15.1. The molecule has 0 saturated carbocycles. The SMILES string of the molecule is C=C(C)N(c1ccc(-c2ccc(C)cc2)cc1)c1cccc(C2=CCCCC2)c1. The van der Waals surface area contributed by atoms with Crippen molar-refractivity contribution in [3.63, 3.8) is 0 Å². The Bertz CT molecular complexity index is 1020. The maximum absolute atomic E-state index is 4.25. The van der Waals surface area contributed by atoms with Crippen LogP contribution in [0.3, 0.4) is 0 Å². The van der Waals surface area contributed by atoms with E-state index in [1.54, 1.807) is 0 Å². The van der Waals surface area contributed by atoms with Gasteiger partial charge < -0.3 is 4.90 Å². The van der Waals surface area contributed by atoms with Crippen LogP contribution in [0.25, 0.3) is 16.7 Å². The highest BCUT2D eigenvalue weighted by Gasteiger charge is 2.13. The second-order valence-electron chi connectivity index (χ2n) is 8.01. The molecule has 0 atom stereocenters. The van der Waals surface area contributed by atoms with Gasteiger partial charge in [-0.25, -0.2) is 0 Å². The molecule has 0 unspecified atom stereocenters. The quantitative estimate of drug-likeness (QED) is 0.431. The third kappa shape index (κ3) is 4.35. The Kier molecular flexibility index (Phi) is 5.67. The van der Waals surface area contributed by atoms with E-state index in [0.29, 0.717) is 0 Å². The Hall–Kier alpha value is -3.06. The number of benzene rings is 3. The Morgan fingerprint density at radius 3 is 2.10 bits per heavy atom. The van der Waals surface area contributed by atoms with Gasteiger partial charge in [0.15, 0.2) is 0 Å². The molecule has 0 aromatic heterocycles. The predicted molar refractivity (Wildman–Crippen MR) is 126 cm³/mol. The lowest BCUT2D eigenvalue weighted by molar-refractivity contribution is 0.742. The maximum Gasteiger partial charge on any atom is 0.0464 e. The van der Waals surface area contributed by atoms with Crippen molar-refractivity contribution in [3.05, 3.63) is 102 Å². The van der Waals surface area contributed by atoms with Crippen LogP contribution in [0.1, 0.15) is 43.7 Å². The first kappa shape index (κ1) is 19.3. The molecule has 0 aliphatic heterocycles. The van der Waals surface area contributed by atoms with Gasteiger partial charge >= 0.3 is 0 Å². The molecular weight excluding hydrogens is 350 g/mol. The smallest absolute Gasteiger partial charge is 0.0464 e. The summed E-state index contributed by atoms with van der Waals surface area (Å²) in [6.07, 6.45) is 7.39. The summed E-state index contributed by atoms with van der Waals surface area (Å²) < 4.78 is 0. The summed E-state index contributed by atoms with van der Waals surface area (Å²) in [6, 6.07) is 26.3. The highest BCUT2D eigenvalue weighted by molar-refractivity contribution is 5.76. The summed E-state index contributed by atoms with van der Waals surface area (Å²) in [5, 5.41) is 0. The third-order valence-electron chi connectivity index (χ3n) is 5.66. The fraction of sp³-hybridized carbons (Fsp3) is 0.214. The van der Waals surface area contributed by atoms with Crippen LogP contribution in [-0.4, -0.2) is 0 Å². The molecule has 0 fully saturated rings. The second-order valence-corrected chi connectivity index (χ2v) is 8.01. The summed E-state index contributed by atoms with van der Waals surface area (Å²) in [5.74, 6) is 0. The zero-order chi connectivity index (χ0) is 20.2. The van der Waals surface area contributed by atoms with Crippen molar-refractivity contribution in [2.45, 2.75) is 39.5 Å². The highest BCUT2D eigenvalue weighted by Crippen LogP contribution is 2.34. The standard InChI is InChI=1S/C28H29N/c1-21(2)29(28-11-7-10-26(20-28)23-8-5-4-6-9-23)27-18-16-25(17-19-27)24-14-12-22(3)13-15-24/h7-8,10-20H,1,4-6,9H2,2-3H3. The van der Waals surface area contributed by atoms with Crippen LogP contribution in [0.4, 0.5) is 11.4 Å². The van der Waals surface area contributed by atoms with Gasteiger partial charge in [-0.1, -0.05) is 66.7 Å². The van der Waals surface area contributed by atoms with E-state index in [-0.39, 0.29) is 0 Å². The molecule has 0 bridgehead atoms. The Balaban J connectivity index is 1.65. The number of hydrogen-bond acceptors (Lipinski definition) is 1. The van der Waals surface area contributed by atoms with Gasteiger partial charge in [-0.05, 0) is 86.1 Å². The Labute approximate surface area is 175 Å². The molecule has 0 heterocycles. The van der Waals surface area contributed by atoms with E-state index in [1.807, 2.05) is 0 Å². The lowest BCUT2D eigenvalue weighted by atomic mass is 9.93. The first-order valence-corrected chi connectivity index (χ1v) is 10.5. The van der Waals surface area contributed by atoms with Crippen molar-refractivity contribution in [2.75, 3.05) is 4.90 Å². The molecule has 1 nitrogen and oxygen atoms in total. The van der Waals surface area contributed by atoms with E-state index >= 15 is 0 Å². The molecule has 0 N–H and O–H groups in total. The minimum Gasteiger partial charge on any atom is -0.315 e. The lowest BCUT2D eigenvalue weighted by Gasteiger charge is -2.26. The van der Waals surface area contributed by atoms with E-state index in [4.69, 9.17) is 0 Å². The number of nitrogens with zero attached hydrogens (tertiary/aromatic N) is 1. The molecule has 1 aliphatic rings. The second kappa shape index (κ2) is 8.53. The van der Waals surface area contributed by atoms with Crippen molar-refractivity contribution in [3.8, 4) is 11.1 Å². The summed E-state index contributed by atoms with van der Waals surface area (Å²) in [7, 11) is 0. The molecule has 3 aromatic carbocycles. The van der Waals surface area contributed by atoms with Crippen molar-refractivity contribution in [1.82, 2.24) is 0 Å². The van der Waals surface area contributed by atoms with Gasteiger partial charge in [0.1, 0.15) is 0 Å². The zero-order valence-electron chi connectivity index (χ0n) is 17.5. The van der Waals surface area contributed by atoms with Crippen LogP contribution in [-0.2, 0) is 0 Å². The van der Waals surface area contributed by atoms with Gasteiger partial charge in [0.05, 0.1) is 0 Å². The average Bonchev–Trinajstić information content (AvgIpc) is 2.76. The molecule has 4 rings (SSSR count). The lowest BCUT2D eigenvalue weighted by Crippen LogP contribution is -2.13. The first-order valence-electron chi connectivity index (χ1n) is 10.5. The molecule has 1 aliphatic carbocycles. The summed E-state index contributed by atoms with van der Waals surface area (Å²) >= 11 is 0. The van der Waals surface area contributed by atoms with Crippen LogP contribution in [0.5, 0.6) is 0 Å². The van der Waals surface area contributed by atoms with Crippen molar-refractivity contribution in [1.29, 1.82) is 0 Å². The number of rotatable bonds is 5. The number of anilines is 2. The molecule has 29 heavy (non-hydrogen) atoms. The Morgan fingerprint density at radius 2 is 1.48 bits per heavy atom. The van der Waals surface area contributed by atoms with Gasteiger partial charge in [0.25, 0.3) is 0 Å². The van der Waals surface area contributed by atoms with Crippen LogP contribution >= 0.6 is 0 Å². The molecular formula is C28H29N. The van der Waals surface area contributed by atoms with Crippen molar-refractivity contribution in [2.24, 2.45) is 0 Å². The van der Waals surface area contributed by atoms with Crippen LogP contribution < -0.4 is 4.90 Å². The van der Waals surface area contributed by atoms with Gasteiger partial charge in [-0.15, -0.1) is 0 Å². The molecule has 0 radical (unpaired) electrons. The van der Waals surface area contributed by atoms with E-state index < -0.39 is 0 Å².